The molecule has 1 N–H and O–H groups in total. The lowest BCUT2D eigenvalue weighted by Gasteiger charge is -2.38. The van der Waals surface area contributed by atoms with E-state index in [0.717, 1.165) is 33.5 Å². The van der Waals surface area contributed by atoms with E-state index in [0.29, 0.717) is 5.92 Å². The van der Waals surface area contributed by atoms with Crippen LogP contribution in [0, 0.1) is 5.92 Å². The van der Waals surface area contributed by atoms with Gasteiger partial charge >= 0.3 is 0 Å². The molecule has 0 unspecified atom stereocenters. The van der Waals surface area contributed by atoms with Gasteiger partial charge in [0, 0.05) is 21.6 Å². The predicted molar refractivity (Wildman–Crippen MR) is 97.8 cm³/mol. The Morgan fingerprint density at radius 3 is 2.84 bits per heavy atom. The van der Waals surface area contributed by atoms with Crippen LogP contribution in [-0.2, 0) is 0 Å². The SMILES string of the molecule is COc1ccc(Br)cc1[C@H]1Nc2ccc(C(=O)[O-])cc2[C@H]2C=CC[C@H]21. The lowest BCUT2D eigenvalue weighted by molar-refractivity contribution is -0.255. The zero-order valence-electron chi connectivity index (χ0n) is 13.7. The molecule has 0 saturated carbocycles. The summed E-state index contributed by atoms with van der Waals surface area (Å²) < 4.78 is 6.58. The normalized spacial score (nSPS) is 23.5. The van der Waals surface area contributed by atoms with E-state index in [1.807, 2.05) is 18.2 Å². The second-order valence-electron chi connectivity index (χ2n) is 6.45. The van der Waals surface area contributed by atoms with Gasteiger partial charge in [-0.15, -0.1) is 0 Å². The number of methoxy groups -OCH3 is 1. The number of carboxylic acids is 1. The summed E-state index contributed by atoms with van der Waals surface area (Å²) in [6.07, 6.45) is 5.29. The number of carbonyl (C=O) groups is 1. The van der Waals surface area contributed by atoms with Gasteiger partial charge in [0.15, 0.2) is 0 Å². The summed E-state index contributed by atoms with van der Waals surface area (Å²) >= 11 is 3.55. The molecule has 1 aliphatic heterocycles. The number of hydrogen-bond acceptors (Lipinski definition) is 4. The molecule has 25 heavy (non-hydrogen) atoms. The molecule has 0 radical (unpaired) electrons. The van der Waals surface area contributed by atoms with E-state index < -0.39 is 5.97 Å². The summed E-state index contributed by atoms with van der Waals surface area (Å²) in [5.41, 5.74) is 3.30. The van der Waals surface area contributed by atoms with Crippen molar-refractivity contribution < 1.29 is 14.6 Å². The third kappa shape index (κ3) is 2.72. The zero-order chi connectivity index (χ0) is 17.6. The third-order valence-corrected chi connectivity index (χ3v) is 5.62. The average Bonchev–Trinajstić information content (AvgIpc) is 3.10. The first-order chi connectivity index (χ1) is 12.1. The molecule has 0 aromatic heterocycles. The van der Waals surface area contributed by atoms with Crippen molar-refractivity contribution in [2.45, 2.75) is 18.4 Å². The number of ether oxygens (including phenoxy) is 1. The van der Waals surface area contributed by atoms with E-state index in [-0.39, 0.29) is 17.5 Å². The maximum absolute atomic E-state index is 11.2. The standard InChI is InChI=1S/C20H18BrNO3/c1-25-18-8-6-12(21)10-16(18)19-14-4-2-3-13(14)15-9-11(20(23)24)5-7-17(15)22-19/h2-3,5-10,13-14,19,22H,4H2,1H3,(H,23,24)/p-1/t13-,14+,19-/m0/s1. The van der Waals surface area contributed by atoms with Crippen LogP contribution in [0.5, 0.6) is 5.75 Å². The third-order valence-electron chi connectivity index (χ3n) is 5.13. The molecule has 2 aromatic carbocycles. The summed E-state index contributed by atoms with van der Waals surface area (Å²) in [5, 5.41) is 14.8. The number of benzene rings is 2. The van der Waals surface area contributed by atoms with Crippen LogP contribution in [0.2, 0.25) is 0 Å². The maximum Gasteiger partial charge on any atom is 0.124 e. The fourth-order valence-electron chi connectivity index (χ4n) is 3.98. The van der Waals surface area contributed by atoms with E-state index in [1.54, 1.807) is 19.2 Å². The Hall–Kier alpha value is -2.27. The number of hydrogen-bond donors (Lipinski definition) is 1. The molecule has 1 heterocycles. The molecule has 5 heteroatoms. The monoisotopic (exact) mass is 398 g/mol. The van der Waals surface area contributed by atoms with Gasteiger partial charge in [-0.3, -0.25) is 0 Å². The van der Waals surface area contributed by atoms with Crippen molar-refractivity contribution in [3.05, 3.63) is 69.7 Å². The van der Waals surface area contributed by atoms with Gasteiger partial charge < -0.3 is 20.0 Å². The Morgan fingerprint density at radius 2 is 2.08 bits per heavy atom. The number of fused-ring (bicyclic) bond motifs is 3. The van der Waals surface area contributed by atoms with Crippen LogP contribution in [0.4, 0.5) is 5.69 Å². The highest BCUT2D eigenvalue weighted by Gasteiger charge is 2.39. The zero-order valence-corrected chi connectivity index (χ0v) is 15.2. The molecule has 0 fully saturated rings. The van der Waals surface area contributed by atoms with Crippen molar-refractivity contribution in [2.24, 2.45) is 5.92 Å². The van der Waals surface area contributed by atoms with Crippen molar-refractivity contribution in [1.82, 2.24) is 0 Å². The summed E-state index contributed by atoms with van der Waals surface area (Å²) in [4.78, 5) is 11.2. The van der Waals surface area contributed by atoms with E-state index in [2.05, 4.69) is 39.5 Å². The highest BCUT2D eigenvalue weighted by molar-refractivity contribution is 9.10. The van der Waals surface area contributed by atoms with E-state index in [9.17, 15) is 9.90 Å². The molecule has 128 valence electrons. The largest absolute Gasteiger partial charge is 0.545 e. The molecule has 0 saturated heterocycles. The van der Waals surface area contributed by atoms with Gasteiger partial charge in [-0.2, -0.15) is 0 Å². The second-order valence-corrected chi connectivity index (χ2v) is 7.37. The van der Waals surface area contributed by atoms with Gasteiger partial charge in [-0.25, -0.2) is 0 Å². The maximum atomic E-state index is 11.2. The van der Waals surface area contributed by atoms with Crippen LogP contribution >= 0.6 is 15.9 Å². The molecule has 0 bridgehead atoms. The number of allylic oxidation sites excluding steroid dienone is 2. The quantitative estimate of drug-likeness (QED) is 0.801. The van der Waals surface area contributed by atoms with Gasteiger partial charge in [0.1, 0.15) is 5.75 Å². The highest BCUT2D eigenvalue weighted by Crippen LogP contribution is 2.51. The summed E-state index contributed by atoms with van der Waals surface area (Å²) in [6, 6.07) is 11.3. The molecule has 4 rings (SSSR count). The summed E-state index contributed by atoms with van der Waals surface area (Å²) in [6.45, 7) is 0. The number of halogens is 1. The molecule has 2 aliphatic rings. The molecular formula is C20H17BrNO3-. The first-order valence-electron chi connectivity index (χ1n) is 8.20. The van der Waals surface area contributed by atoms with Crippen LogP contribution in [0.3, 0.4) is 0 Å². The first kappa shape index (κ1) is 16.2. The number of rotatable bonds is 3. The molecule has 0 spiro atoms. The lowest BCUT2D eigenvalue weighted by atomic mass is 9.76. The topological polar surface area (TPSA) is 61.4 Å². The molecule has 1 aliphatic carbocycles. The Morgan fingerprint density at radius 1 is 1.24 bits per heavy atom. The number of carbonyl (C=O) groups excluding carboxylic acids is 1. The minimum absolute atomic E-state index is 0.0914. The Kier molecular flexibility index (Phi) is 4.04. The van der Waals surface area contributed by atoms with E-state index in [1.165, 1.54) is 0 Å². The van der Waals surface area contributed by atoms with Crippen molar-refractivity contribution >= 4 is 27.6 Å². The van der Waals surface area contributed by atoms with Crippen molar-refractivity contribution in [1.29, 1.82) is 0 Å². The Labute approximate surface area is 154 Å². The second kappa shape index (κ2) is 6.23. The van der Waals surface area contributed by atoms with Crippen LogP contribution in [0.25, 0.3) is 0 Å². The van der Waals surface area contributed by atoms with Gasteiger partial charge in [0.25, 0.3) is 0 Å². The van der Waals surface area contributed by atoms with Gasteiger partial charge in [0.2, 0.25) is 0 Å². The van der Waals surface area contributed by atoms with Crippen molar-refractivity contribution in [3.63, 3.8) is 0 Å². The van der Waals surface area contributed by atoms with Gasteiger partial charge in [-0.1, -0.05) is 34.1 Å². The van der Waals surface area contributed by atoms with Crippen LogP contribution < -0.4 is 15.2 Å². The summed E-state index contributed by atoms with van der Waals surface area (Å²) in [5.74, 6) is 0.204. The number of carboxylic acid groups (broad SMARTS) is 1. The average molecular weight is 399 g/mol. The van der Waals surface area contributed by atoms with E-state index in [4.69, 9.17) is 4.74 Å². The fourth-order valence-corrected chi connectivity index (χ4v) is 4.36. The lowest BCUT2D eigenvalue weighted by Crippen LogP contribution is -2.30. The molecule has 2 aromatic rings. The van der Waals surface area contributed by atoms with Crippen molar-refractivity contribution in [3.8, 4) is 5.75 Å². The molecule has 0 amide bonds. The fraction of sp³-hybridized carbons (Fsp3) is 0.250. The molecule has 4 nitrogen and oxygen atoms in total. The van der Waals surface area contributed by atoms with Crippen LogP contribution in [0.1, 0.15) is 39.9 Å². The smallest absolute Gasteiger partial charge is 0.124 e. The highest BCUT2D eigenvalue weighted by atomic mass is 79.9. The predicted octanol–water partition coefficient (Wildman–Crippen LogP) is 3.65. The molecular weight excluding hydrogens is 382 g/mol. The minimum atomic E-state index is -1.14. The van der Waals surface area contributed by atoms with Gasteiger partial charge in [0.05, 0.1) is 19.1 Å². The van der Waals surface area contributed by atoms with Crippen LogP contribution in [-0.4, -0.2) is 13.1 Å². The minimum Gasteiger partial charge on any atom is -0.545 e. The first-order valence-corrected chi connectivity index (χ1v) is 8.99. The van der Waals surface area contributed by atoms with Crippen LogP contribution in [0.15, 0.2) is 53.0 Å². The van der Waals surface area contributed by atoms with Gasteiger partial charge in [-0.05, 0) is 53.8 Å². The summed E-state index contributed by atoms with van der Waals surface area (Å²) in [7, 11) is 1.68. The molecule has 3 atom stereocenters. The number of nitrogens with one attached hydrogen (secondary N) is 1. The van der Waals surface area contributed by atoms with E-state index >= 15 is 0 Å². The number of anilines is 1. The van der Waals surface area contributed by atoms with Crippen molar-refractivity contribution in [2.75, 3.05) is 12.4 Å². The number of aromatic carboxylic acids is 1. The Balaban J connectivity index is 1.81. The Bertz CT molecular complexity index is 877.